The molecule has 0 aliphatic carbocycles. The van der Waals surface area contributed by atoms with Crippen molar-refractivity contribution in [2.45, 2.75) is 25.9 Å². The fraction of sp³-hybridized carbons (Fsp3) is 0.348. The van der Waals surface area contributed by atoms with Gasteiger partial charge in [-0.15, -0.1) is 0 Å². The minimum Gasteiger partial charge on any atom is -0.497 e. The number of methoxy groups -OCH3 is 2. The number of ether oxygens (including phenoxy) is 3. The number of amides is 1. The quantitative estimate of drug-likeness (QED) is 0.490. The summed E-state index contributed by atoms with van der Waals surface area (Å²) in [5.74, 6) is -0.601. The van der Waals surface area contributed by atoms with Gasteiger partial charge in [-0.3, -0.25) is 14.4 Å². The first-order valence-electron chi connectivity index (χ1n) is 9.80. The van der Waals surface area contributed by atoms with Gasteiger partial charge in [0, 0.05) is 24.6 Å². The average Bonchev–Trinajstić information content (AvgIpc) is 3.18. The Bertz CT molecular complexity index is 927. The number of nitrogens with zero attached hydrogens (tertiary/aromatic N) is 1. The van der Waals surface area contributed by atoms with Crippen LogP contribution in [0.15, 0.2) is 48.5 Å². The zero-order chi connectivity index (χ0) is 21.7. The molecule has 0 unspecified atom stereocenters. The summed E-state index contributed by atoms with van der Waals surface area (Å²) in [6.45, 7) is 1.93. The topological polar surface area (TPSA) is 82.1 Å². The second kappa shape index (κ2) is 9.43. The molecule has 1 amide bonds. The van der Waals surface area contributed by atoms with E-state index in [2.05, 4.69) is 0 Å². The van der Waals surface area contributed by atoms with Crippen molar-refractivity contribution in [2.75, 3.05) is 25.7 Å². The van der Waals surface area contributed by atoms with Gasteiger partial charge in [-0.2, -0.15) is 0 Å². The van der Waals surface area contributed by atoms with Crippen LogP contribution >= 0.6 is 0 Å². The van der Waals surface area contributed by atoms with Crippen LogP contribution in [-0.2, 0) is 14.3 Å². The van der Waals surface area contributed by atoms with Crippen LogP contribution in [-0.4, -0.2) is 44.5 Å². The summed E-state index contributed by atoms with van der Waals surface area (Å²) >= 11 is 0. The molecule has 1 aliphatic rings. The highest BCUT2D eigenvalue weighted by molar-refractivity contribution is 6.02. The molecule has 2 atom stereocenters. The predicted molar refractivity (Wildman–Crippen MR) is 111 cm³/mol. The summed E-state index contributed by atoms with van der Waals surface area (Å²) in [6.07, 6.45) is -0.515. The molecule has 158 valence electrons. The van der Waals surface area contributed by atoms with E-state index in [0.29, 0.717) is 29.2 Å². The van der Waals surface area contributed by atoms with Gasteiger partial charge in [-0.05, 0) is 18.6 Å². The van der Waals surface area contributed by atoms with Crippen LogP contribution < -0.4 is 14.4 Å². The van der Waals surface area contributed by atoms with E-state index >= 15 is 0 Å². The number of ketones is 1. The van der Waals surface area contributed by atoms with Crippen LogP contribution in [0.2, 0.25) is 0 Å². The van der Waals surface area contributed by atoms with E-state index in [1.165, 1.54) is 19.1 Å². The molecule has 30 heavy (non-hydrogen) atoms. The van der Waals surface area contributed by atoms with Crippen LogP contribution in [0, 0.1) is 5.92 Å². The number of hydrogen-bond acceptors (Lipinski definition) is 6. The van der Waals surface area contributed by atoms with Gasteiger partial charge in [0.2, 0.25) is 11.7 Å². The molecular formula is C23H25NO6. The number of benzene rings is 2. The number of rotatable bonds is 8. The van der Waals surface area contributed by atoms with E-state index in [0.717, 1.165) is 0 Å². The van der Waals surface area contributed by atoms with Gasteiger partial charge in [0.15, 0.2) is 6.10 Å². The monoisotopic (exact) mass is 411 g/mol. The van der Waals surface area contributed by atoms with Gasteiger partial charge in [-0.1, -0.05) is 37.3 Å². The van der Waals surface area contributed by atoms with Crippen LogP contribution in [0.4, 0.5) is 5.69 Å². The Morgan fingerprint density at radius 3 is 2.47 bits per heavy atom. The van der Waals surface area contributed by atoms with Gasteiger partial charge in [0.05, 0.1) is 25.8 Å². The van der Waals surface area contributed by atoms with Crippen molar-refractivity contribution in [3.8, 4) is 11.5 Å². The number of Topliss-reactive ketones (excluding diaryl/α,β-unsaturated/α-hetero) is 1. The number of hydrogen-bond donors (Lipinski definition) is 0. The molecule has 0 saturated carbocycles. The van der Waals surface area contributed by atoms with Crippen LogP contribution in [0.3, 0.4) is 0 Å². The third-order valence-corrected chi connectivity index (χ3v) is 5.12. The Morgan fingerprint density at radius 1 is 1.10 bits per heavy atom. The molecular weight excluding hydrogens is 386 g/mol. The second-order valence-electron chi connectivity index (χ2n) is 7.01. The van der Waals surface area contributed by atoms with E-state index in [-0.39, 0.29) is 24.7 Å². The van der Waals surface area contributed by atoms with Crippen molar-refractivity contribution in [3.05, 3.63) is 54.1 Å². The third kappa shape index (κ3) is 4.45. The lowest BCUT2D eigenvalue weighted by Gasteiger charge is -2.21. The van der Waals surface area contributed by atoms with Crippen LogP contribution in [0.5, 0.6) is 11.5 Å². The number of esters is 1. The molecule has 0 N–H and O–H groups in total. The summed E-state index contributed by atoms with van der Waals surface area (Å²) in [5.41, 5.74) is 1.02. The fourth-order valence-corrected chi connectivity index (χ4v) is 3.45. The van der Waals surface area contributed by atoms with Gasteiger partial charge in [0.1, 0.15) is 11.5 Å². The lowest BCUT2D eigenvalue weighted by molar-refractivity contribution is -0.151. The maximum atomic E-state index is 12.7. The van der Waals surface area contributed by atoms with Crippen molar-refractivity contribution >= 4 is 23.3 Å². The smallest absolute Gasteiger partial charge is 0.312 e. The molecule has 2 aromatic rings. The average molecular weight is 411 g/mol. The molecule has 1 saturated heterocycles. The summed E-state index contributed by atoms with van der Waals surface area (Å²) in [5, 5.41) is 0. The van der Waals surface area contributed by atoms with Crippen molar-refractivity contribution < 1.29 is 28.6 Å². The molecule has 0 bridgehead atoms. The molecule has 1 aliphatic heterocycles. The summed E-state index contributed by atoms with van der Waals surface area (Å²) in [6, 6.07) is 13.8. The highest BCUT2D eigenvalue weighted by Gasteiger charge is 2.38. The highest BCUT2D eigenvalue weighted by atomic mass is 16.5. The van der Waals surface area contributed by atoms with E-state index in [4.69, 9.17) is 14.2 Å². The molecule has 1 fully saturated rings. The number of anilines is 1. The largest absolute Gasteiger partial charge is 0.497 e. The number of carbonyl (C=O) groups excluding carboxylic acids is 3. The maximum absolute atomic E-state index is 12.7. The molecule has 0 aromatic heterocycles. The van der Waals surface area contributed by atoms with Crippen LogP contribution in [0.25, 0.3) is 0 Å². The van der Waals surface area contributed by atoms with Crippen molar-refractivity contribution in [3.63, 3.8) is 0 Å². The second-order valence-corrected chi connectivity index (χ2v) is 7.01. The lowest BCUT2D eigenvalue weighted by atomic mass is 10.0. The van der Waals surface area contributed by atoms with Gasteiger partial charge < -0.3 is 19.1 Å². The Labute approximate surface area is 175 Å². The van der Waals surface area contributed by atoms with E-state index in [1.54, 1.807) is 49.4 Å². The Morgan fingerprint density at radius 2 is 1.83 bits per heavy atom. The minimum atomic E-state index is -0.879. The first kappa shape index (κ1) is 21.4. The lowest BCUT2D eigenvalue weighted by Crippen LogP contribution is -2.31. The molecule has 1 heterocycles. The zero-order valence-corrected chi connectivity index (χ0v) is 17.3. The molecule has 2 aromatic carbocycles. The molecule has 0 spiro atoms. The standard InChI is InChI=1S/C23H25NO6/c1-4-19(22(26)15-8-6-5-7-9-15)30-23(27)16-12-21(25)24(14-16)18-13-17(28-2)10-11-20(18)29-3/h5-11,13,16,19H,4,12,14H2,1-3H3/t16-,19+/m1/s1. The van der Waals surface area contributed by atoms with Crippen molar-refractivity contribution in [1.82, 2.24) is 0 Å². The van der Waals surface area contributed by atoms with Gasteiger partial charge in [0.25, 0.3) is 0 Å². The van der Waals surface area contributed by atoms with Gasteiger partial charge in [-0.25, -0.2) is 0 Å². The summed E-state index contributed by atoms with van der Waals surface area (Å²) < 4.78 is 16.1. The Kier molecular flexibility index (Phi) is 6.72. The first-order chi connectivity index (χ1) is 14.5. The van der Waals surface area contributed by atoms with Gasteiger partial charge >= 0.3 is 5.97 Å². The zero-order valence-electron chi connectivity index (χ0n) is 17.3. The highest BCUT2D eigenvalue weighted by Crippen LogP contribution is 2.36. The summed E-state index contributed by atoms with van der Waals surface area (Å²) in [4.78, 5) is 39.5. The van der Waals surface area contributed by atoms with Crippen LogP contribution in [0.1, 0.15) is 30.1 Å². The minimum absolute atomic E-state index is 0.00909. The number of carbonyl (C=O) groups is 3. The van der Waals surface area contributed by atoms with E-state index < -0.39 is 18.0 Å². The van der Waals surface area contributed by atoms with Crippen molar-refractivity contribution in [2.24, 2.45) is 5.92 Å². The summed E-state index contributed by atoms with van der Waals surface area (Å²) in [7, 11) is 3.05. The van der Waals surface area contributed by atoms with E-state index in [1.807, 2.05) is 6.07 Å². The molecule has 3 rings (SSSR count). The fourth-order valence-electron chi connectivity index (χ4n) is 3.45. The molecule has 0 radical (unpaired) electrons. The van der Waals surface area contributed by atoms with Crippen molar-refractivity contribution in [1.29, 1.82) is 0 Å². The molecule has 7 heteroatoms. The molecule has 7 nitrogen and oxygen atoms in total. The Hall–Kier alpha value is -3.35. The third-order valence-electron chi connectivity index (χ3n) is 5.12. The first-order valence-corrected chi connectivity index (χ1v) is 9.80. The SMILES string of the molecule is CC[C@H](OC(=O)[C@@H]1CC(=O)N(c2cc(OC)ccc2OC)C1)C(=O)c1ccccc1. The predicted octanol–water partition coefficient (Wildman–Crippen LogP) is 3.26. The normalized spacial score (nSPS) is 16.8. The maximum Gasteiger partial charge on any atom is 0.312 e. The van der Waals surface area contributed by atoms with E-state index in [9.17, 15) is 14.4 Å². The Balaban J connectivity index is 1.73.